The number of carboxylic acids is 1. The number of benzene rings is 3. The molecule has 0 saturated heterocycles. The van der Waals surface area contributed by atoms with Gasteiger partial charge in [-0.05, 0) is 72.4 Å². The van der Waals surface area contributed by atoms with Crippen LogP contribution in [0.25, 0.3) is 0 Å². The molecule has 2 aliphatic rings. The van der Waals surface area contributed by atoms with Crippen LogP contribution in [-0.2, 0) is 15.7 Å². The van der Waals surface area contributed by atoms with Crippen molar-refractivity contribution >= 4 is 16.9 Å². The average molecular weight is 445 g/mol. The number of carbonyl (C=O) groups excluding carboxylic acids is 1. The van der Waals surface area contributed by atoms with Crippen LogP contribution in [0, 0.1) is 22.7 Å². The summed E-state index contributed by atoms with van der Waals surface area (Å²) in [6.07, 6.45) is 3.10. The summed E-state index contributed by atoms with van der Waals surface area (Å²) in [6.45, 7) is 6.56. The summed E-state index contributed by atoms with van der Waals surface area (Å²) in [6, 6.07) is 32.2. The van der Waals surface area contributed by atoms with Crippen LogP contribution in [0.2, 0.25) is 0 Å². The van der Waals surface area contributed by atoms with Gasteiger partial charge in [0.25, 0.3) is 0 Å². The molecule has 3 aromatic carbocycles. The molecule has 0 N–H and O–H groups in total. The van der Waals surface area contributed by atoms with E-state index >= 15 is 0 Å². The normalized spacial score (nSPS) is 25.2. The maximum Gasteiger partial charge on any atom is 0.166 e. The van der Waals surface area contributed by atoms with Gasteiger partial charge < -0.3 is 9.90 Å². The summed E-state index contributed by atoms with van der Waals surface area (Å²) in [5, 5.41) is 11.0. The highest BCUT2D eigenvalue weighted by atomic mass is 32.2. The first kappa shape index (κ1) is 22.7. The molecule has 0 radical (unpaired) electrons. The summed E-state index contributed by atoms with van der Waals surface area (Å²) < 4.78 is 0. The Kier molecular flexibility index (Phi) is 6.48. The molecule has 3 heteroatoms. The van der Waals surface area contributed by atoms with Crippen LogP contribution in [0.3, 0.4) is 0 Å². The SMILES string of the molecule is CC1(C)C2CCC1(C)C(C(=O)[O-])C2.c1ccc([S+](c2ccccc2)c2ccccc2)cc1. The Bertz CT molecular complexity index is 939. The fraction of sp³-hybridized carbons (Fsp3) is 0.345. The molecule has 2 aliphatic carbocycles. The topological polar surface area (TPSA) is 40.1 Å². The van der Waals surface area contributed by atoms with Crippen molar-refractivity contribution in [2.24, 2.45) is 22.7 Å². The lowest BCUT2D eigenvalue weighted by molar-refractivity contribution is -0.315. The van der Waals surface area contributed by atoms with Gasteiger partial charge in [0.2, 0.25) is 0 Å². The van der Waals surface area contributed by atoms with E-state index in [0.29, 0.717) is 5.92 Å². The van der Waals surface area contributed by atoms with Crippen molar-refractivity contribution in [1.29, 1.82) is 0 Å². The Labute approximate surface area is 195 Å². The lowest BCUT2D eigenvalue weighted by Gasteiger charge is -2.39. The van der Waals surface area contributed by atoms with Crippen LogP contribution in [0.5, 0.6) is 0 Å². The molecule has 3 unspecified atom stereocenters. The molecule has 0 aromatic heterocycles. The number of fused-ring (bicyclic) bond motifs is 2. The third kappa shape index (κ3) is 4.11. The zero-order valence-electron chi connectivity index (χ0n) is 19.2. The van der Waals surface area contributed by atoms with E-state index in [4.69, 9.17) is 0 Å². The second-order valence-electron chi connectivity index (χ2n) is 9.73. The molecule has 32 heavy (non-hydrogen) atoms. The summed E-state index contributed by atoms with van der Waals surface area (Å²) >= 11 is 0. The van der Waals surface area contributed by atoms with Crippen molar-refractivity contribution in [2.75, 3.05) is 0 Å². The highest BCUT2D eigenvalue weighted by molar-refractivity contribution is 7.97. The minimum absolute atomic E-state index is 0.0146. The van der Waals surface area contributed by atoms with E-state index in [1.165, 1.54) is 21.1 Å². The molecule has 2 saturated carbocycles. The fourth-order valence-corrected chi connectivity index (χ4v) is 7.74. The predicted octanol–water partition coefficient (Wildman–Crippen LogP) is 5.98. The molecular formula is C29H32O2S. The van der Waals surface area contributed by atoms with Crippen molar-refractivity contribution in [1.82, 2.24) is 0 Å². The van der Waals surface area contributed by atoms with Gasteiger partial charge in [0.1, 0.15) is 0 Å². The minimum atomic E-state index is -0.835. The van der Waals surface area contributed by atoms with Crippen LogP contribution in [0.1, 0.15) is 40.0 Å². The van der Waals surface area contributed by atoms with E-state index in [1.54, 1.807) is 0 Å². The predicted molar refractivity (Wildman–Crippen MR) is 129 cm³/mol. The van der Waals surface area contributed by atoms with Crippen LogP contribution < -0.4 is 5.11 Å². The molecule has 5 rings (SSSR count). The molecule has 3 atom stereocenters. The summed E-state index contributed by atoms with van der Waals surface area (Å²) in [5.74, 6) is -0.445. The standard InChI is InChI=1S/C18H15S.C11H18O2/c1-4-10-16(11-5-1)19(17-12-6-2-7-13-17)18-14-8-3-9-15-18;1-10(2)7-4-5-11(10,3)8(6-7)9(12)13/h1-15H;7-8H,4-6H2,1-3H3,(H,12,13)/q+1;/p-1. The monoisotopic (exact) mass is 444 g/mol. The van der Waals surface area contributed by atoms with E-state index < -0.39 is 5.97 Å². The van der Waals surface area contributed by atoms with Crippen LogP contribution in [0.4, 0.5) is 0 Å². The number of hydrogen-bond donors (Lipinski definition) is 0. The highest BCUT2D eigenvalue weighted by Gasteiger charge is 2.61. The first-order chi connectivity index (χ1) is 15.3. The highest BCUT2D eigenvalue weighted by Crippen LogP contribution is 2.67. The molecule has 0 aliphatic heterocycles. The van der Waals surface area contributed by atoms with E-state index in [0.717, 1.165) is 12.8 Å². The lowest BCUT2D eigenvalue weighted by atomic mass is 9.67. The van der Waals surface area contributed by atoms with Gasteiger partial charge in [0, 0.05) is 11.9 Å². The molecular weight excluding hydrogens is 412 g/mol. The second kappa shape index (κ2) is 9.15. The Hall–Kier alpha value is -2.52. The van der Waals surface area contributed by atoms with Crippen molar-refractivity contribution < 1.29 is 9.90 Å². The van der Waals surface area contributed by atoms with Gasteiger partial charge in [-0.25, -0.2) is 0 Å². The second-order valence-corrected chi connectivity index (χ2v) is 11.8. The molecule has 2 bridgehead atoms. The number of aliphatic carboxylic acids is 1. The van der Waals surface area contributed by atoms with Crippen LogP contribution >= 0.6 is 0 Å². The first-order valence-electron chi connectivity index (χ1n) is 11.4. The van der Waals surface area contributed by atoms with E-state index in [-0.39, 0.29) is 27.6 Å². The van der Waals surface area contributed by atoms with Gasteiger partial charge in [0.15, 0.2) is 14.7 Å². The van der Waals surface area contributed by atoms with Gasteiger partial charge in [-0.1, -0.05) is 75.4 Å². The van der Waals surface area contributed by atoms with Gasteiger partial charge in [-0.2, -0.15) is 0 Å². The van der Waals surface area contributed by atoms with Gasteiger partial charge in [0.05, 0.1) is 10.9 Å². The number of carbonyl (C=O) groups is 1. The largest absolute Gasteiger partial charge is 0.550 e. The molecule has 3 aromatic rings. The molecule has 0 amide bonds. The van der Waals surface area contributed by atoms with E-state index in [1.807, 2.05) is 0 Å². The number of carboxylic acid groups (broad SMARTS) is 1. The molecule has 0 heterocycles. The molecule has 2 fully saturated rings. The van der Waals surface area contributed by atoms with Gasteiger partial charge in [-0.3, -0.25) is 0 Å². The summed E-state index contributed by atoms with van der Waals surface area (Å²) in [5.41, 5.74) is 0.175. The van der Waals surface area contributed by atoms with Crippen molar-refractivity contribution in [2.45, 2.75) is 54.7 Å². The molecule has 0 spiro atoms. The number of hydrogen-bond acceptors (Lipinski definition) is 2. The van der Waals surface area contributed by atoms with Gasteiger partial charge in [-0.15, -0.1) is 0 Å². The smallest absolute Gasteiger partial charge is 0.166 e. The average Bonchev–Trinajstić information content (AvgIpc) is 3.16. The Morgan fingerprint density at radius 1 is 0.781 bits per heavy atom. The van der Waals surface area contributed by atoms with Gasteiger partial charge >= 0.3 is 0 Å². The van der Waals surface area contributed by atoms with Crippen LogP contribution in [-0.4, -0.2) is 5.97 Å². The van der Waals surface area contributed by atoms with E-state index in [9.17, 15) is 9.90 Å². The maximum absolute atomic E-state index is 11.0. The minimum Gasteiger partial charge on any atom is -0.550 e. The first-order valence-corrected chi connectivity index (χ1v) is 12.7. The quantitative estimate of drug-likeness (QED) is 0.464. The summed E-state index contributed by atoms with van der Waals surface area (Å²) in [7, 11) is -0.0146. The van der Waals surface area contributed by atoms with Crippen LogP contribution in [0.15, 0.2) is 106 Å². The zero-order chi connectivity index (χ0) is 22.8. The number of rotatable bonds is 4. The fourth-order valence-electron chi connectivity index (χ4n) is 5.64. The van der Waals surface area contributed by atoms with Crippen molar-refractivity contribution in [3.8, 4) is 0 Å². The molecule has 2 nitrogen and oxygen atoms in total. The van der Waals surface area contributed by atoms with Crippen molar-refractivity contribution in [3.63, 3.8) is 0 Å². The van der Waals surface area contributed by atoms with Crippen molar-refractivity contribution in [3.05, 3.63) is 91.0 Å². The third-order valence-corrected chi connectivity index (χ3v) is 10.2. The summed E-state index contributed by atoms with van der Waals surface area (Å²) in [4.78, 5) is 15.1. The third-order valence-electron chi connectivity index (χ3n) is 8.02. The molecule has 166 valence electrons. The Morgan fingerprint density at radius 3 is 1.44 bits per heavy atom. The maximum atomic E-state index is 11.0. The zero-order valence-corrected chi connectivity index (χ0v) is 20.0. The lowest BCUT2D eigenvalue weighted by Crippen LogP contribution is -2.42. The Balaban J connectivity index is 0.000000165. The Morgan fingerprint density at radius 2 is 1.19 bits per heavy atom. The van der Waals surface area contributed by atoms with E-state index in [2.05, 4.69) is 112 Å².